The minimum atomic E-state index is -1.32. The molecule has 1 atom stereocenters. The summed E-state index contributed by atoms with van der Waals surface area (Å²) < 4.78 is 38.5. The molecule has 3 aromatic rings. The summed E-state index contributed by atoms with van der Waals surface area (Å²) in [5.74, 6) is -0.951. The number of hydrogen-bond acceptors (Lipinski definition) is 6. The molecule has 0 bridgehead atoms. The molecule has 0 aliphatic carbocycles. The Morgan fingerprint density at radius 3 is 2.33 bits per heavy atom. The Kier molecular flexibility index (Phi) is 8.13. The number of anilines is 1. The van der Waals surface area contributed by atoms with Gasteiger partial charge in [0.05, 0.1) is 26.4 Å². The number of halogens is 1. The lowest BCUT2D eigenvalue weighted by Crippen LogP contribution is -2.30. The van der Waals surface area contributed by atoms with E-state index in [9.17, 15) is 14.7 Å². The van der Waals surface area contributed by atoms with Crippen molar-refractivity contribution in [1.29, 1.82) is 0 Å². The summed E-state index contributed by atoms with van der Waals surface area (Å²) >= 11 is 0. The molecule has 0 unspecified atom stereocenters. The third-order valence-corrected chi connectivity index (χ3v) is 8.08. The summed E-state index contributed by atoms with van der Waals surface area (Å²) in [6.07, 6.45) is 0.504. The Bertz CT molecular complexity index is 1590. The van der Waals surface area contributed by atoms with Crippen molar-refractivity contribution in [3.05, 3.63) is 69.5 Å². The third-order valence-electron chi connectivity index (χ3n) is 8.08. The molecule has 2 aliphatic rings. The van der Waals surface area contributed by atoms with E-state index in [1.807, 2.05) is 13.0 Å². The molecular weight excluding hydrogens is 553 g/mol. The number of carbonyl (C=O) groups excluding carboxylic acids is 1. The quantitative estimate of drug-likeness (QED) is 0.331. The Balaban J connectivity index is 1.79. The van der Waals surface area contributed by atoms with Crippen LogP contribution in [0.4, 0.5) is 10.1 Å². The van der Waals surface area contributed by atoms with E-state index in [1.165, 1.54) is 20.3 Å². The summed E-state index contributed by atoms with van der Waals surface area (Å²) in [4.78, 5) is 28.6. The number of carboxylic acids is 1. The summed E-state index contributed by atoms with van der Waals surface area (Å²) in [6.45, 7) is 9.89. The second kappa shape index (κ2) is 11.5. The lowest BCUT2D eigenvalue weighted by Gasteiger charge is -2.30. The first kappa shape index (κ1) is 30.4. The fourth-order valence-corrected chi connectivity index (χ4v) is 6.25. The average molecular weight is 592 g/mol. The first-order valence-electron chi connectivity index (χ1n) is 14.4. The molecule has 0 saturated carbocycles. The van der Waals surface area contributed by atoms with Crippen molar-refractivity contribution in [2.24, 2.45) is 0 Å². The molecule has 1 amide bonds. The van der Waals surface area contributed by atoms with Gasteiger partial charge in [-0.05, 0) is 106 Å². The first-order valence-corrected chi connectivity index (χ1v) is 14.4. The Morgan fingerprint density at radius 2 is 1.72 bits per heavy atom. The van der Waals surface area contributed by atoms with Gasteiger partial charge in [-0.1, -0.05) is 6.07 Å². The van der Waals surface area contributed by atoms with Crippen molar-refractivity contribution in [3.63, 3.8) is 0 Å². The number of ether oxygens (including phenoxy) is 4. The molecule has 1 N–H and O–H groups in total. The van der Waals surface area contributed by atoms with Gasteiger partial charge in [0.2, 0.25) is 0 Å². The number of nitrogens with zero attached hydrogens (tertiary/aromatic N) is 1. The van der Waals surface area contributed by atoms with E-state index in [1.54, 1.807) is 50.8 Å². The molecule has 228 valence electrons. The van der Waals surface area contributed by atoms with Crippen molar-refractivity contribution < 1.29 is 38.0 Å². The van der Waals surface area contributed by atoms with E-state index in [2.05, 4.69) is 0 Å². The lowest BCUT2D eigenvalue weighted by atomic mass is 9.83. The number of benzene rings is 3. The van der Waals surface area contributed by atoms with Crippen LogP contribution in [0.2, 0.25) is 0 Å². The van der Waals surface area contributed by atoms with Crippen molar-refractivity contribution in [2.45, 2.75) is 65.6 Å². The smallest absolute Gasteiger partial charge is 0.337 e. The van der Waals surface area contributed by atoms with E-state index in [0.29, 0.717) is 65.4 Å². The fourth-order valence-electron chi connectivity index (χ4n) is 6.25. The largest absolute Gasteiger partial charge is 0.496 e. The minimum absolute atomic E-state index is 0.249. The number of fused-ring (bicyclic) bond motifs is 2. The number of amides is 1. The SMILES string of the molecule is COc1cccc(OC)c1C(=O)N1CCc2c1cc(C)c([C@H](OC(C)(C)C)C(=O)O)c2-c1cc(F)c2c(c1C)CCCO2. The normalized spacial score (nSPS) is 14.9. The summed E-state index contributed by atoms with van der Waals surface area (Å²) in [5.41, 5.74) is 4.71. The van der Waals surface area contributed by atoms with E-state index < -0.39 is 23.5 Å². The van der Waals surface area contributed by atoms with Gasteiger partial charge in [0, 0.05) is 23.4 Å². The molecule has 43 heavy (non-hydrogen) atoms. The second-order valence-electron chi connectivity index (χ2n) is 12.0. The molecule has 9 heteroatoms. The van der Waals surface area contributed by atoms with Crippen LogP contribution in [-0.4, -0.2) is 50.0 Å². The molecular formula is C34H38FNO7. The zero-order valence-corrected chi connectivity index (χ0v) is 25.7. The zero-order chi connectivity index (χ0) is 31.2. The highest BCUT2D eigenvalue weighted by molar-refractivity contribution is 6.11. The molecule has 0 spiro atoms. The van der Waals surface area contributed by atoms with Gasteiger partial charge in [-0.3, -0.25) is 4.79 Å². The molecule has 2 aliphatic heterocycles. The molecule has 0 fully saturated rings. The van der Waals surface area contributed by atoms with Crippen LogP contribution >= 0.6 is 0 Å². The highest BCUT2D eigenvalue weighted by atomic mass is 19.1. The van der Waals surface area contributed by atoms with E-state index in [4.69, 9.17) is 18.9 Å². The van der Waals surface area contributed by atoms with Crippen LogP contribution < -0.4 is 19.1 Å². The highest BCUT2D eigenvalue weighted by Gasteiger charge is 2.38. The van der Waals surface area contributed by atoms with Gasteiger partial charge in [0.1, 0.15) is 17.1 Å². The van der Waals surface area contributed by atoms with Gasteiger partial charge in [-0.15, -0.1) is 0 Å². The molecule has 5 rings (SSSR count). The zero-order valence-electron chi connectivity index (χ0n) is 25.7. The predicted octanol–water partition coefficient (Wildman–Crippen LogP) is 6.60. The minimum Gasteiger partial charge on any atom is -0.496 e. The number of carboxylic acid groups (broad SMARTS) is 1. The maximum absolute atomic E-state index is 15.6. The molecule has 0 radical (unpaired) electrons. The lowest BCUT2D eigenvalue weighted by molar-refractivity contribution is -0.160. The van der Waals surface area contributed by atoms with Crippen molar-refractivity contribution in [2.75, 3.05) is 32.3 Å². The van der Waals surface area contributed by atoms with E-state index in [0.717, 1.165) is 23.1 Å². The number of methoxy groups -OCH3 is 2. The maximum Gasteiger partial charge on any atom is 0.337 e. The third kappa shape index (κ3) is 5.42. The molecule has 8 nitrogen and oxygen atoms in total. The molecule has 0 aromatic heterocycles. The van der Waals surface area contributed by atoms with Crippen LogP contribution in [0.1, 0.15) is 71.5 Å². The Hall–Kier alpha value is -4.11. The van der Waals surface area contributed by atoms with Crippen molar-refractivity contribution in [1.82, 2.24) is 0 Å². The second-order valence-corrected chi connectivity index (χ2v) is 12.0. The van der Waals surface area contributed by atoms with Crippen LogP contribution in [0.15, 0.2) is 30.3 Å². The number of aryl methyl sites for hydroxylation is 1. The van der Waals surface area contributed by atoms with Gasteiger partial charge in [0.15, 0.2) is 17.7 Å². The van der Waals surface area contributed by atoms with Crippen LogP contribution in [0.5, 0.6) is 17.2 Å². The average Bonchev–Trinajstić information content (AvgIpc) is 3.39. The summed E-state index contributed by atoms with van der Waals surface area (Å²) in [7, 11) is 2.99. The maximum atomic E-state index is 15.6. The van der Waals surface area contributed by atoms with Crippen LogP contribution in [0.3, 0.4) is 0 Å². The molecule has 3 aromatic carbocycles. The van der Waals surface area contributed by atoms with Crippen LogP contribution in [0.25, 0.3) is 11.1 Å². The van der Waals surface area contributed by atoms with E-state index >= 15 is 4.39 Å². The van der Waals surface area contributed by atoms with Crippen molar-refractivity contribution in [3.8, 4) is 28.4 Å². The highest BCUT2D eigenvalue weighted by Crippen LogP contribution is 2.48. The van der Waals surface area contributed by atoms with Gasteiger partial charge in [0.25, 0.3) is 5.91 Å². The standard InChI is InChI=1S/C34H38FNO7/c1-18-16-24-21(13-14-36(24)32(37)29-25(40-6)11-8-12-26(29)41-7)28(27(18)31(33(38)39)43-34(3,4)5)22-17-23(35)30-20(19(22)2)10-9-15-42-30/h8,11-12,16-17,31H,9-10,13-15H2,1-7H3,(H,38,39)/t31-/m0/s1. The topological polar surface area (TPSA) is 94.5 Å². The number of rotatable bonds is 7. The molecule has 2 heterocycles. The van der Waals surface area contributed by atoms with Gasteiger partial charge in [-0.2, -0.15) is 0 Å². The van der Waals surface area contributed by atoms with Gasteiger partial charge >= 0.3 is 5.97 Å². The Morgan fingerprint density at radius 1 is 1.05 bits per heavy atom. The van der Waals surface area contributed by atoms with Crippen LogP contribution in [0, 0.1) is 19.7 Å². The number of carbonyl (C=O) groups is 2. The van der Waals surface area contributed by atoms with Crippen molar-refractivity contribution >= 4 is 17.6 Å². The van der Waals surface area contributed by atoms with Crippen LogP contribution in [-0.2, 0) is 22.4 Å². The fraction of sp³-hybridized carbons (Fsp3) is 0.412. The number of hydrogen-bond donors (Lipinski definition) is 1. The number of aliphatic carboxylic acids is 1. The summed E-state index contributed by atoms with van der Waals surface area (Å²) in [5, 5.41) is 10.4. The molecule has 0 saturated heterocycles. The summed E-state index contributed by atoms with van der Waals surface area (Å²) in [6, 6.07) is 8.42. The van der Waals surface area contributed by atoms with Gasteiger partial charge < -0.3 is 29.0 Å². The Labute approximate surface area is 251 Å². The first-order chi connectivity index (χ1) is 20.4. The van der Waals surface area contributed by atoms with E-state index in [-0.39, 0.29) is 17.2 Å². The van der Waals surface area contributed by atoms with Gasteiger partial charge in [-0.25, -0.2) is 9.18 Å². The monoisotopic (exact) mass is 591 g/mol. The predicted molar refractivity (Wildman–Crippen MR) is 161 cm³/mol.